The summed E-state index contributed by atoms with van der Waals surface area (Å²) in [6.07, 6.45) is 1.81. The number of hydrogen-bond acceptors (Lipinski definition) is 3. The van der Waals surface area contributed by atoms with Crippen LogP contribution < -0.4 is 14.8 Å². The van der Waals surface area contributed by atoms with Gasteiger partial charge in [0, 0.05) is 11.6 Å². The Morgan fingerprint density at radius 3 is 2.64 bits per heavy atom. The van der Waals surface area contributed by atoms with Crippen molar-refractivity contribution in [1.29, 1.82) is 0 Å². The summed E-state index contributed by atoms with van der Waals surface area (Å²) in [4.78, 5) is 12.3. The second-order valence-electron chi connectivity index (χ2n) is 5.72. The molecule has 0 radical (unpaired) electrons. The van der Waals surface area contributed by atoms with Crippen LogP contribution in [0.2, 0.25) is 5.02 Å². The van der Waals surface area contributed by atoms with Gasteiger partial charge in [0.15, 0.2) is 6.10 Å². The molecular formula is C20H24ClNO3. The van der Waals surface area contributed by atoms with Crippen molar-refractivity contribution in [1.82, 2.24) is 5.32 Å². The van der Waals surface area contributed by atoms with Crippen LogP contribution in [0.15, 0.2) is 48.5 Å². The summed E-state index contributed by atoms with van der Waals surface area (Å²) >= 11 is 5.94. The molecule has 0 saturated heterocycles. The quantitative estimate of drug-likeness (QED) is 0.679. The lowest BCUT2D eigenvalue weighted by Gasteiger charge is -2.17. The van der Waals surface area contributed by atoms with Crippen molar-refractivity contribution in [2.75, 3.05) is 13.7 Å². The van der Waals surface area contributed by atoms with E-state index in [2.05, 4.69) is 11.4 Å². The van der Waals surface area contributed by atoms with Gasteiger partial charge in [-0.15, -0.1) is 0 Å². The molecule has 134 valence electrons. The smallest absolute Gasteiger partial charge is 0.261 e. The zero-order valence-electron chi connectivity index (χ0n) is 14.6. The molecule has 2 aromatic rings. The van der Waals surface area contributed by atoms with Gasteiger partial charge in [0.25, 0.3) is 5.91 Å². The minimum absolute atomic E-state index is 0.104. The third kappa shape index (κ3) is 6.31. The van der Waals surface area contributed by atoms with E-state index in [0.29, 0.717) is 23.7 Å². The molecule has 0 aromatic heterocycles. The van der Waals surface area contributed by atoms with Crippen LogP contribution in [0.5, 0.6) is 11.5 Å². The van der Waals surface area contributed by atoms with E-state index >= 15 is 0 Å². The van der Waals surface area contributed by atoms with Gasteiger partial charge in [0.2, 0.25) is 0 Å². The van der Waals surface area contributed by atoms with Gasteiger partial charge in [-0.05, 0) is 55.2 Å². The molecule has 25 heavy (non-hydrogen) atoms. The highest BCUT2D eigenvalue weighted by Crippen LogP contribution is 2.19. The van der Waals surface area contributed by atoms with Crippen molar-refractivity contribution in [3.05, 3.63) is 59.1 Å². The first-order chi connectivity index (χ1) is 12.1. The Labute approximate surface area is 154 Å². The third-order valence-corrected chi connectivity index (χ3v) is 4.05. The first-order valence-corrected chi connectivity index (χ1v) is 8.83. The molecule has 1 amide bonds. The lowest BCUT2D eigenvalue weighted by Crippen LogP contribution is -2.38. The molecule has 0 aliphatic heterocycles. The fourth-order valence-electron chi connectivity index (χ4n) is 2.47. The Morgan fingerprint density at radius 2 is 1.92 bits per heavy atom. The average molecular weight is 362 g/mol. The second-order valence-corrected chi connectivity index (χ2v) is 6.15. The molecule has 0 aliphatic rings. The Balaban J connectivity index is 1.77. The van der Waals surface area contributed by atoms with Gasteiger partial charge < -0.3 is 14.8 Å². The van der Waals surface area contributed by atoms with Crippen molar-refractivity contribution >= 4 is 17.5 Å². The number of hydrogen-bond donors (Lipinski definition) is 1. The summed E-state index contributed by atoms with van der Waals surface area (Å²) < 4.78 is 11.0. The molecule has 2 rings (SSSR count). The van der Waals surface area contributed by atoms with Crippen molar-refractivity contribution < 1.29 is 14.3 Å². The molecule has 0 saturated carbocycles. The van der Waals surface area contributed by atoms with Crippen LogP contribution in [0, 0.1) is 0 Å². The monoisotopic (exact) mass is 361 g/mol. The van der Waals surface area contributed by atoms with E-state index in [0.717, 1.165) is 18.6 Å². The molecule has 5 heteroatoms. The van der Waals surface area contributed by atoms with Crippen LogP contribution in [-0.4, -0.2) is 25.7 Å². The summed E-state index contributed by atoms with van der Waals surface area (Å²) in [6.45, 7) is 2.52. The summed E-state index contributed by atoms with van der Waals surface area (Å²) in [5.74, 6) is 1.35. The zero-order valence-corrected chi connectivity index (χ0v) is 15.4. The van der Waals surface area contributed by atoms with Gasteiger partial charge in [-0.3, -0.25) is 4.79 Å². The molecule has 0 unspecified atom stereocenters. The van der Waals surface area contributed by atoms with Crippen molar-refractivity contribution in [3.63, 3.8) is 0 Å². The van der Waals surface area contributed by atoms with E-state index in [-0.39, 0.29) is 5.91 Å². The second kappa shape index (κ2) is 9.94. The highest BCUT2D eigenvalue weighted by Gasteiger charge is 2.17. The molecule has 2 aromatic carbocycles. The van der Waals surface area contributed by atoms with E-state index in [4.69, 9.17) is 21.1 Å². The molecule has 0 spiro atoms. The molecule has 0 aliphatic carbocycles. The van der Waals surface area contributed by atoms with Gasteiger partial charge in [0.1, 0.15) is 11.5 Å². The SMILES string of the molecule is CC[C@@H](Oc1cccc(Cl)c1)C(=O)NCCCc1cccc(OC)c1. The maximum absolute atomic E-state index is 12.3. The van der Waals surface area contributed by atoms with Crippen molar-refractivity contribution in [2.24, 2.45) is 0 Å². The number of methoxy groups -OCH3 is 1. The lowest BCUT2D eigenvalue weighted by molar-refractivity contribution is -0.128. The summed E-state index contributed by atoms with van der Waals surface area (Å²) in [6, 6.07) is 15.0. The first kappa shape index (κ1) is 19.1. The van der Waals surface area contributed by atoms with Gasteiger partial charge in [-0.25, -0.2) is 0 Å². The maximum Gasteiger partial charge on any atom is 0.261 e. The van der Waals surface area contributed by atoms with Gasteiger partial charge in [-0.1, -0.05) is 36.7 Å². The summed E-state index contributed by atoms with van der Waals surface area (Å²) in [7, 11) is 1.66. The fraction of sp³-hybridized carbons (Fsp3) is 0.350. The zero-order chi connectivity index (χ0) is 18.1. The van der Waals surface area contributed by atoms with Crippen LogP contribution in [0.25, 0.3) is 0 Å². The van der Waals surface area contributed by atoms with E-state index in [1.54, 1.807) is 31.4 Å². The van der Waals surface area contributed by atoms with E-state index < -0.39 is 6.10 Å². The Morgan fingerprint density at radius 1 is 1.16 bits per heavy atom. The molecular weight excluding hydrogens is 338 g/mol. The Bertz CT molecular complexity index is 690. The number of aryl methyl sites for hydroxylation is 1. The summed E-state index contributed by atoms with van der Waals surface area (Å²) in [5.41, 5.74) is 1.19. The third-order valence-electron chi connectivity index (χ3n) is 3.81. The highest BCUT2D eigenvalue weighted by atomic mass is 35.5. The highest BCUT2D eigenvalue weighted by molar-refractivity contribution is 6.30. The van der Waals surface area contributed by atoms with Gasteiger partial charge in [-0.2, -0.15) is 0 Å². The largest absolute Gasteiger partial charge is 0.497 e. The van der Waals surface area contributed by atoms with Crippen LogP contribution in [-0.2, 0) is 11.2 Å². The lowest BCUT2D eigenvalue weighted by atomic mass is 10.1. The number of nitrogens with one attached hydrogen (secondary N) is 1. The fourth-order valence-corrected chi connectivity index (χ4v) is 2.65. The normalized spacial score (nSPS) is 11.6. The average Bonchev–Trinajstić information content (AvgIpc) is 2.63. The number of rotatable bonds is 9. The Kier molecular flexibility index (Phi) is 7.61. The van der Waals surface area contributed by atoms with Crippen LogP contribution >= 0.6 is 11.6 Å². The van der Waals surface area contributed by atoms with Gasteiger partial charge >= 0.3 is 0 Å². The summed E-state index contributed by atoms with van der Waals surface area (Å²) in [5, 5.41) is 3.53. The van der Waals surface area contributed by atoms with Crippen LogP contribution in [0.3, 0.4) is 0 Å². The van der Waals surface area contributed by atoms with Crippen molar-refractivity contribution in [2.45, 2.75) is 32.3 Å². The molecule has 0 fully saturated rings. The van der Waals surface area contributed by atoms with E-state index in [1.807, 2.05) is 25.1 Å². The van der Waals surface area contributed by atoms with Crippen LogP contribution in [0.4, 0.5) is 0 Å². The van der Waals surface area contributed by atoms with Crippen LogP contribution in [0.1, 0.15) is 25.3 Å². The molecule has 0 heterocycles. The maximum atomic E-state index is 12.3. The molecule has 4 nitrogen and oxygen atoms in total. The minimum Gasteiger partial charge on any atom is -0.497 e. The standard InChI is InChI=1S/C20H24ClNO3/c1-3-19(25-18-11-5-9-16(21)14-18)20(23)22-12-6-8-15-7-4-10-17(13-15)24-2/h4-5,7,9-11,13-14,19H,3,6,8,12H2,1-2H3,(H,22,23)/t19-/m1/s1. The molecule has 0 bridgehead atoms. The number of amides is 1. The number of benzene rings is 2. The topological polar surface area (TPSA) is 47.6 Å². The minimum atomic E-state index is -0.518. The molecule has 1 atom stereocenters. The first-order valence-electron chi connectivity index (χ1n) is 8.45. The number of halogens is 1. The van der Waals surface area contributed by atoms with E-state index in [9.17, 15) is 4.79 Å². The number of carbonyl (C=O) groups excluding carboxylic acids is 1. The van der Waals surface area contributed by atoms with E-state index in [1.165, 1.54) is 5.56 Å². The predicted octanol–water partition coefficient (Wildman–Crippen LogP) is 4.26. The van der Waals surface area contributed by atoms with Crippen molar-refractivity contribution in [3.8, 4) is 11.5 Å². The number of ether oxygens (including phenoxy) is 2. The Hall–Kier alpha value is -2.20. The predicted molar refractivity (Wildman–Crippen MR) is 100 cm³/mol. The number of carbonyl (C=O) groups is 1. The molecule has 1 N–H and O–H groups in total. The van der Waals surface area contributed by atoms with Gasteiger partial charge in [0.05, 0.1) is 7.11 Å².